The summed E-state index contributed by atoms with van der Waals surface area (Å²) in [6.45, 7) is 5.57. The van der Waals surface area contributed by atoms with E-state index in [4.69, 9.17) is 11.6 Å². The molecule has 0 spiro atoms. The van der Waals surface area contributed by atoms with E-state index in [2.05, 4.69) is 50.3 Å². The number of hydrogen-bond donors (Lipinski definition) is 0. The van der Waals surface area contributed by atoms with Crippen LogP contribution in [0.1, 0.15) is 5.56 Å². The Hall–Kier alpha value is -1.65. The number of fused-ring (bicyclic) bond motifs is 1. The van der Waals surface area contributed by atoms with Gasteiger partial charge in [0.05, 0.1) is 0 Å². The van der Waals surface area contributed by atoms with E-state index in [-0.39, 0.29) is 0 Å². The predicted octanol–water partition coefficient (Wildman–Crippen LogP) is 2.70. The molecule has 2 aromatic rings. The van der Waals surface area contributed by atoms with Crippen LogP contribution in [0.4, 0.5) is 5.82 Å². The van der Waals surface area contributed by atoms with E-state index in [1.807, 2.05) is 12.1 Å². The van der Waals surface area contributed by atoms with Crippen LogP contribution in [-0.4, -0.2) is 41.3 Å². The standard InChI is InChI=1S/C17H19ClN4/c18-16-6-7-17(20-19-16)22-11-14-9-21(10-15(14)12-22)8-13-4-2-1-3-5-13/h1-7,14-15H,8-12H2/t14-,15-/m0/s1. The zero-order valence-electron chi connectivity index (χ0n) is 12.4. The Morgan fingerprint density at radius 3 is 2.27 bits per heavy atom. The maximum atomic E-state index is 5.81. The first-order valence-electron chi connectivity index (χ1n) is 7.78. The van der Waals surface area contributed by atoms with Crippen LogP contribution < -0.4 is 4.90 Å². The van der Waals surface area contributed by atoms with Crippen molar-refractivity contribution < 1.29 is 0 Å². The molecule has 2 aliphatic rings. The van der Waals surface area contributed by atoms with Crippen molar-refractivity contribution in [1.82, 2.24) is 15.1 Å². The lowest BCUT2D eigenvalue weighted by Crippen LogP contribution is -2.29. The molecule has 4 rings (SSSR count). The van der Waals surface area contributed by atoms with Crippen molar-refractivity contribution in [1.29, 1.82) is 0 Å². The third kappa shape index (κ3) is 2.81. The molecule has 0 amide bonds. The highest BCUT2D eigenvalue weighted by Crippen LogP contribution is 2.33. The number of aromatic nitrogens is 2. The summed E-state index contributed by atoms with van der Waals surface area (Å²) in [7, 11) is 0. The molecule has 4 nitrogen and oxygen atoms in total. The summed E-state index contributed by atoms with van der Waals surface area (Å²) in [4.78, 5) is 4.92. The Bertz CT molecular complexity index is 617. The molecule has 0 N–H and O–H groups in total. The van der Waals surface area contributed by atoms with Gasteiger partial charge < -0.3 is 4.90 Å². The first-order valence-corrected chi connectivity index (χ1v) is 8.16. The topological polar surface area (TPSA) is 32.3 Å². The fraction of sp³-hybridized carbons (Fsp3) is 0.412. The molecular weight excluding hydrogens is 296 g/mol. The fourth-order valence-electron chi connectivity index (χ4n) is 3.73. The second-order valence-corrected chi connectivity index (χ2v) is 6.71. The van der Waals surface area contributed by atoms with E-state index in [0.29, 0.717) is 5.15 Å². The number of benzene rings is 1. The number of nitrogens with zero attached hydrogens (tertiary/aromatic N) is 4. The fourth-order valence-corrected chi connectivity index (χ4v) is 3.83. The Morgan fingerprint density at radius 1 is 0.909 bits per heavy atom. The van der Waals surface area contributed by atoms with Gasteiger partial charge in [0.2, 0.25) is 0 Å². The zero-order valence-corrected chi connectivity index (χ0v) is 13.2. The maximum absolute atomic E-state index is 5.81. The van der Waals surface area contributed by atoms with Crippen LogP contribution in [0.15, 0.2) is 42.5 Å². The smallest absolute Gasteiger partial charge is 0.151 e. The first-order chi connectivity index (χ1) is 10.8. The predicted molar refractivity (Wildman–Crippen MR) is 88.0 cm³/mol. The molecule has 3 heterocycles. The number of anilines is 1. The molecule has 2 saturated heterocycles. The summed E-state index contributed by atoms with van der Waals surface area (Å²) in [5, 5.41) is 8.61. The molecule has 0 saturated carbocycles. The number of likely N-dealkylation sites (tertiary alicyclic amines) is 1. The van der Waals surface area contributed by atoms with E-state index in [1.54, 1.807) is 0 Å². The van der Waals surface area contributed by atoms with Crippen LogP contribution >= 0.6 is 11.6 Å². The Morgan fingerprint density at radius 2 is 1.64 bits per heavy atom. The van der Waals surface area contributed by atoms with Gasteiger partial charge in [0.15, 0.2) is 11.0 Å². The monoisotopic (exact) mass is 314 g/mol. The molecule has 2 atom stereocenters. The van der Waals surface area contributed by atoms with Crippen molar-refractivity contribution in [3.63, 3.8) is 0 Å². The van der Waals surface area contributed by atoms with Crippen molar-refractivity contribution in [2.75, 3.05) is 31.1 Å². The van der Waals surface area contributed by atoms with Gasteiger partial charge in [0.25, 0.3) is 0 Å². The summed E-state index contributed by atoms with van der Waals surface area (Å²) in [6, 6.07) is 14.5. The van der Waals surface area contributed by atoms with E-state index in [0.717, 1.165) is 37.3 Å². The SMILES string of the molecule is Clc1ccc(N2C[C@@H]3CN(Cc4ccccc4)C[C@H]3C2)nn1. The van der Waals surface area contributed by atoms with Gasteiger partial charge in [-0.1, -0.05) is 41.9 Å². The summed E-state index contributed by atoms with van der Waals surface area (Å²) in [5.41, 5.74) is 1.41. The highest BCUT2D eigenvalue weighted by Gasteiger charge is 2.40. The molecule has 2 fully saturated rings. The van der Waals surface area contributed by atoms with Crippen LogP contribution in [0.3, 0.4) is 0 Å². The molecule has 1 aromatic heterocycles. The second-order valence-electron chi connectivity index (χ2n) is 6.32. The van der Waals surface area contributed by atoms with Crippen molar-refractivity contribution in [2.24, 2.45) is 11.8 Å². The van der Waals surface area contributed by atoms with Gasteiger partial charge in [0, 0.05) is 32.7 Å². The average Bonchev–Trinajstić information content (AvgIpc) is 3.07. The van der Waals surface area contributed by atoms with Crippen LogP contribution in [0.2, 0.25) is 5.15 Å². The van der Waals surface area contributed by atoms with Gasteiger partial charge >= 0.3 is 0 Å². The second kappa shape index (κ2) is 5.86. The van der Waals surface area contributed by atoms with Crippen molar-refractivity contribution >= 4 is 17.4 Å². The van der Waals surface area contributed by atoms with Gasteiger partial charge in [-0.3, -0.25) is 4.90 Å². The van der Waals surface area contributed by atoms with Gasteiger partial charge in [-0.25, -0.2) is 0 Å². The summed E-state index contributed by atoms with van der Waals surface area (Å²) in [5.74, 6) is 2.43. The lowest BCUT2D eigenvalue weighted by molar-refractivity contribution is 0.309. The summed E-state index contributed by atoms with van der Waals surface area (Å²) in [6.07, 6.45) is 0. The van der Waals surface area contributed by atoms with E-state index in [9.17, 15) is 0 Å². The Kier molecular flexibility index (Phi) is 3.72. The van der Waals surface area contributed by atoms with Crippen molar-refractivity contribution in [2.45, 2.75) is 6.54 Å². The number of hydrogen-bond acceptors (Lipinski definition) is 4. The van der Waals surface area contributed by atoms with Crippen LogP contribution in [0.25, 0.3) is 0 Å². The van der Waals surface area contributed by atoms with Gasteiger partial charge in [-0.15, -0.1) is 10.2 Å². The largest absolute Gasteiger partial charge is 0.354 e. The quantitative estimate of drug-likeness (QED) is 0.872. The molecule has 1 aromatic carbocycles. The third-order valence-corrected chi connectivity index (χ3v) is 4.95. The molecule has 2 aliphatic heterocycles. The Balaban J connectivity index is 1.37. The average molecular weight is 315 g/mol. The van der Waals surface area contributed by atoms with Crippen molar-refractivity contribution in [3.05, 3.63) is 53.2 Å². The minimum atomic E-state index is 0.456. The maximum Gasteiger partial charge on any atom is 0.151 e. The summed E-state index contributed by atoms with van der Waals surface area (Å²) >= 11 is 5.81. The van der Waals surface area contributed by atoms with E-state index >= 15 is 0 Å². The minimum absolute atomic E-state index is 0.456. The van der Waals surface area contributed by atoms with Gasteiger partial charge in [-0.05, 0) is 29.5 Å². The highest BCUT2D eigenvalue weighted by atomic mass is 35.5. The number of rotatable bonds is 3. The molecule has 5 heteroatoms. The van der Waals surface area contributed by atoms with Gasteiger partial charge in [-0.2, -0.15) is 0 Å². The molecule has 22 heavy (non-hydrogen) atoms. The zero-order chi connectivity index (χ0) is 14.9. The van der Waals surface area contributed by atoms with Gasteiger partial charge in [0.1, 0.15) is 0 Å². The number of halogens is 1. The molecule has 114 valence electrons. The first kappa shape index (κ1) is 14.0. The Labute approximate surface area is 135 Å². The van der Waals surface area contributed by atoms with Crippen molar-refractivity contribution in [3.8, 4) is 0 Å². The van der Waals surface area contributed by atoms with Crippen LogP contribution in [0, 0.1) is 11.8 Å². The molecule has 0 aliphatic carbocycles. The van der Waals surface area contributed by atoms with Crippen LogP contribution in [-0.2, 0) is 6.54 Å². The lowest BCUT2D eigenvalue weighted by atomic mass is 10.0. The molecular formula is C17H19ClN4. The highest BCUT2D eigenvalue weighted by molar-refractivity contribution is 6.29. The minimum Gasteiger partial charge on any atom is -0.354 e. The molecule has 0 bridgehead atoms. The lowest BCUT2D eigenvalue weighted by Gasteiger charge is -2.22. The summed E-state index contributed by atoms with van der Waals surface area (Å²) < 4.78 is 0. The van der Waals surface area contributed by atoms with Crippen LogP contribution in [0.5, 0.6) is 0 Å². The normalized spacial score (nSPS) is 24.7. The third-order valence-electron chi connectivity index (χ3n) is 4.75. The molecule has 0 radical (unpaired) electrons. The molecule has 0 unspecified atom stereocenters. The van der Waals surface area contributed by atoms with E-state index in [1.165, 1.54) is 18.7 Å². The van der Waals surface area contributed by atoms with E-state index < -0.39 is 0 Å².